The van der Waals surface area contributed by atoms with Gasteiger partial charge < -0.3 is 4.74 Å². The van der Waals surface area contributed by atoms with Gasteiger partial charge in [-0.25, -0.2) is 17.9 Å². The average Bonchev–Trinajstić information content (AvgIpc) is 2.28. The third-order valence-electron chi connectivity index (χ3n) is 2.04. The highest BCUT2D eigenvalue weighted by atomic mass is 32.2. The number of aryl methyl sites for hydroxylation is 1. The molecule has 0 aliphatic heterocycles. The standard InChI is InChI=1S/C10H13NO4S/c1-3-8-4-6-9(7-5-8)16(13,14)11-10(12)15-2/h4-7H,3H2,1-2H3,(H,11,12). The molecule has 0 aliphatic rings. The number of methoxy groups -OCH3 is 1. The predicted molar refractivity (Wildman–Crippen MR) is 58.5 cm³/mol. The molecule has 0 bridgehead atoms. The normalized spacial score (nSPS) is 10.9. The molecule has 0 aromatic heterocycles. The van der Waals surface area contributed by atoms with Gasteiger partial charge in [-0.05, 0) is 24.1 Å². The van der Waals surface area contributed by atoms with E-state index in [2.05, 4.69) is 4.74 Å². The molecule has 0 saturated carbocycles. The maximum absolute atomic E-state index is 11.6. The molecule has 0 heterocycles. The maximum Gasteiger partial charge on any atom is 0.420 e. The Morgan fingerprint density at radius 2 is 1.88 bits per heavy atom. The summed E-state index contributed by atoms with van der Waals surface area (Å²) in [6, 6.07) is 6.30. The lowest BCUT2D eigenvalue weighted by atomic mass is 10.2. The van der Waals surface area contributed by atoms with Gasteiger partial charge in [-0.15, -0.1) is 0 Å². The van der Waals surface area contributed by atoms with Gasteiger partial charge in [-0.1, -0.05) is 19.1 Å². The Labute approximate surface area is 94.5 Å². The molecule has 6 heteroatoms. The first-order valence-electron chi connectivity index (χ1n) is 4.69. The van der Waals surface area contributed by atoms with Gasteiger partial charge in [0, 0.05) is 0 Å². The third kappa shape index (κ3) is 2.96. The minimum absolute atomic E-state index is 0.0371. The lowest BCUT2D eigenvalue weighted by Crippen LogP contribution is -2.30. The van der Waals surface area contributed by atoms with E-state index in [1.807, 2.05) is 6.92 Å². The fourth-order valence-electron chi connectivity index (χ4n) is 1.11. The van der Waals surface area contributed by atoms with Gasteiger partial charge >= 0.3 is 6.09 Å². The van der Waals surface area contributed by atoms with E-state index >= 15 is 0 Å². The van der Waals surface area contributed by atoms with Crippen molar-refractivity contribution in [2.75, 3.05) is 7.11 Å². The van der Waals surface area contributed by atoms with Crippen molar-refractivity contribution in [3.05, 3.63) is 29.8 Å². The number of benzene rings is 1. The van der Waals surface area contributed by atoms with Crippen LogP contribution < -0.4 is 4.72 Å². The molecule has 1 amide bonds. The summed E-state index contributed by atoms with van der Waals surface area (Å²) in [6.45, 7) is 1.97. The number of hydrogen-bond acceptors (Lipinski definition) is 4. The minimum Gasteiger partial charge on any atom is -0.452 e. The Balaban J connectivity index is 2.94. The first-order valence-corrected chi connectivity index (χ1v) is 6.17. The molecule has 0 atom stereocenters. The quantitative estimate of drug-likeness (QED) is 0.868. The summed E-state index contributed by atoms with van der Waals surface area (Å²) < 4.78 is 29.2. The van der Waals surface area contributed by atoms with Crippen molar-refractivity contribution in [2.24, 2.45) is 0 Å². The van der Waals surface area contributed by atoms with Crippen LogP contribution in [0.5, 0.6) is 0 Å². The van der Waals surface area contributed by atoms with Gasteiger partial charge in [0.25, 0.3) is 10.0 Å². The third-order valence-corrected chi connectivity index (χ3v) is 3.37. The van der Waals surface area contributed by atoms with E-state index < -0.39 is 16.1 Å². The Bertz CT molecular complexity index is 464. The smallest absolute Gasteiger partial charge is 0.420 e. The number of carbonyl (C=O) groups is 1. The molecule has 0 unspecified atom stereocenters. The number of sulfonamides is 1. The maximum atomic E-state index is 11.6. The first kappa shape index (κ1) is 12.5. The Hall–Kier alpha value is -1.56. The highest BCUT2D eigenvalue weighted by Gasteiger charge is 2.17. The van der Waals surface area contributed by atoms with Gasteiger partial charge in [0.05, 0.1) is 12.0 Å². The summed E-state index contributed by atoms with van der Waals surface area (Å²) in [4.78, 5) is 10.8. The first-order chi connectivity index (χ1) is 7.49. The molecule has 5 nitrogen and oxygen atoms in total. The Kier molecular flexibility index (Phi) is 3.89. The zero-order chi connectivity index (χ0) is 12.2. The lowest BCUT2D eigenvalue weighted by molar-refractivity contribution is 0.177. The summed E-state index contributed by atoms with van der Waals surface area (Å²) in [5.74, 6) is 0. The van der Waals surface area contributed by atoms with E-state index in [0.29, 0.717) is 0 Å². The largest absolute Gasteiger partial charge is 0.452 e. The van der Waals surface area contributed by atoms with Crippen molar-refractivity contribution in [1.29, 1.82) is 0 Å². The van der Waals surface area contributed by atoms with E-state index in [1.165, 1.54) is 12.1 Å². The number of nitrogens with one attached hydrogen (secondary N) is 1. The monoisotopic (exact) mass is 243 g/mol. The van der Waals surface area contributed by atoms with Crippen LogP contribution in [0.15, 0.2) is 29.2 Å². The molecule has 88 valence electrons. The number of carbonyl (C=O) groups excluding carboxylic acids is 1. The summed E-state index contributed by atoms with van der Waals surface area (Å²) in [7, 11) is -2.72. The van der Waals surface area contributed by atoms with Crippen LogP contribution in [0.2, 0.25) is 0 Å². The molecule has 0 radical (unpaired) electrons. The molecule has 1 N–H and O–H groups in total. The average molecular weight is 243 g/mol. The molecule has 1 aromatic carbocycles. The van der Waals surface area contributed by atoms with Crippen molar-refractivity contribution >= 4 is 16.1 Å². The second kappa shape index (κ2) is 4.98. The van der Waals surface area contributed by atoms with Crippen molar-refractivity contribution in [3.63, 3.8) is 0 Å². The lowest BCUT2D eigenvalue weighted by Gasteiger charge is -2.05. The van der Waals surface area contributed by atoms with Gasteiger partial charge in [0.1, 0.15) is 0 Å². The van der Waals surface area contributed by atoms with Crippen LogP contribution in [-0.4, -0.2) is 21.6 Å². The van der Waals surface area contributed by atoms with Crippen LogP contribution in [0.25, 0.3) is 0 Å². The number of rotatable bonds is 3. The fourth-order valence-corrected chi connectivity index (χ4v) is 2.03. The second-order valence-corrected chi connectivity index (χ2v) is 4.78. The summed E-state index contributed by atoms with van der Waals surface area (Å²) >= 11 is 0. The topological polar surface area (TPSA) is 72.5 Å². The van der Waals surface area contributed by atoms with Crippen molar-refractivity contribution in [2.45, 2.75) is 18.2 Å². The molecule has 0 spiro atoms. The zero-order valence-corrected chi connectivity index (χ0v) is 9.87. The van der Waals surface area contributed by atoms with Crippen molar-refractivity contribution < 1.29 is 17.9 Å². The molecule has 0 fully saturated rings. The summed E-state index contributed by atoms with van der Waals surface area (Å²) in [5, 5.41) is 0. The zero-order valence-electron chi connectivity index (χ0n) is 9.06. The molecule has 1 aromatic rings. The molecule has 1 rings (SSSR count). The summed E-state index contributed by atoms with van der Waals surface area (Å²) in [5.41, 5.74) is 1.03. The Morgan fingerprint density at radius 3 is 2.31 bits per heavy atom. The van der Waals surface area contributed by atoms with Crippen LogP contribution >= 0.6 is 0 Å². The van der Waals surface area contributed by atoms with Gasteiger partial charge in [0.2, 0.25) is 0 Å². The van der Waals surface area contributed by atoms with E-state index in [0.717, 1.165) is 19.1 Å². The fraction of sp³-hybridized carbons (Fsp3) is 0.300. The predicted octanol–water partition coefficient (Wildman–Crippen LogP) is 1.29. The number of ether oxygens (including phenoxy) is 1. The molecule has 0 saturated heterocycles. The van der Waals surface area contributed by atoms with Crippen LogP contribution in [0.3, 0.4) is 0 Å². The van der Waals surface area contributed by atoms with E-state index in [9.17, 15) is 13.2 Å². The summed E-state index contributed by atoms with van der Waals surface area (Å²) in [6.07, 6.45) is -0.176. The SMILES string of the molecule is CCc1ccc(S(=O)(=O)NC(=O)OC)cc1. The molecule has 0 aliphatic carbocycles. The van der Waals surface area contributed by atoms with Crippen molar-refractivity contribution in [3.8, 4) is 0 Å². The van der Waals surface area contributed by atoms with Crippen LogP contribution in [0.1, 0.15) is 12.5 Å². The van der Waals surface area contributed by atoms with Crippen LogP contribution in [0, 0.1) is 0 Å². The molecular weight excluding hydrogens is 230 g/mol. The molecule has 16 heavy (non-hydrogen) atoms. The highest BCUT2D eigenvalue weighted by Crippen LogP contribution is 2.10. The van der Waals surface area contributed by atoms with E-state index in [4.69, 9.17) is 0 Å². The second-order valence-electron chi connectivity index (χ2n) is 3.09. The van der Waals surface area contributed by atoms with Crippen LogP contribution in [0.4, 0.5) is 4.79 Å². The van der Waals surface area contributed by atoms with E-state index in [1.54, 1.807) is 16.9 Å². The van der Waals surface area contributed by atoms with Gasteiger partial charge in [-0.2, -0.15) is 0 Å². The highest BCUT2D eigenvalue weighted by molar-refractivity contribution is 7.90. The number of amides is 1. The van der Waals surface area contributed by atoms with Crippen LogP contribution in [-0.2, 0) is 21.2 Å². The van der Waals surface area contributed by atoms with Gasteiger partial charge in [-0.3, -0.25) is 0 Å². The van der Waals surface area contributed by atoms with Crippen molar-refractivity contribution in [1.82, 2.24) is 4.72 Å². The molecular formula is C10H13NO4S. The van der Waals surface area contributed by atoms with Gasteiger partial charge in [0.15, 0.2) is 0 Å². The Morgan fingerprint density at radius 1 is 1.31 bits per heavy atom. The number of hydrogen-bond donors (Lipinski definition) is 1. The van der Waals surface area contributed by atoms with E-state index in [-0.39, 0.29) is 4.90 Å². The minimum atomic E-state index is -3.82.